The lowest BCUT2D eigenvalue weighted by atomic mass is 9.89. The van der Waals surface area contributed by atoms with Crippen LogP contribution >= 0.6 is 0 Å². The molecule has 0 saturated heterocycles. The Bertz CT molecular complexity index is 938. The van der Waals surface area contributed by atoms with Gasteiger partial charge in [0, 0.05) is 12.6 Å². The van der Waals surface area contributed by atoms with E-state index in [0.717, 1.165) is 49.3 Å². The molecule has 1 aliphatic heterocycles. The van der Waals surface area contributed by atoms with E-state index >= 15 is 0 Å². The number of hydrogen-bond donors (Lipinski definition) is 0. The Hall–Kier alpha value is -2.91. The second-order valence-corrected chi connectivity index (χ2v) is 7.98. The molecule has 0 fully saturated rings. The quantitative estimate of drug-likeness (QED) is 0.588. The summed E-state index contributed by atoms with van der Waals surface area (Å²) in [5, 5.41) is 9.74. The molecule has 2 atom stereocenters. The van der Waals surface area contributed by atoms with Crippen LogP contribution in [0.25, 0.3) is 0 Å². The molecule has 2 aromatic carbocycles. The first-order valence-electron chi connectivity index (χ1n) is 10.6. The fourth-order valence-corrected chi connectivity index (χ4v) is 4.36. The number of ether oxygens (including phenoxy) is 4. The molecule has 0 aliphatic carbocycles. The third-order valence-corrected chi connectivity index (χ3v) is 6.20. The van der Waals surface area contributed by atoms with Crippen LogP contribution in [0.3, 0.4) is 0 Å². The Kier molecular flexibility index (Phi) is 7.64. The predicted molar refractivity (Wildman–Crippen MR) is 120 cm³/mol. The van der Waals surface area contributed by atoms with Gasteiger partial charge in [-0.15, -0.1) is 0 Å². The molecule has 0 N–H and O–H groups in total. The topological polar surface area (TPSA) is 64.0 Å². The molecular weight excluding hydrogens is 392 g/mol. The van der Waals surface area contributed by atoms with Crippen LogP contribution < -0.4 is 18.9 Å². The standard InChI is InChI=1S/C25H32N2O4/c1-27-16-20-14-25(31-5)24(30-4)13-19(20)11-21(27)8-6-7-18(15-26)17-9-10-22(28-2)23(12-17)29-3/h9-10,12-14,18,21H,6-8,11,16H2,1-5H3. The van der Waals surface area contributed by atoms with Crippen LogP contribution in [-0.2, 0) is 13.0 Å². The van der Waals surface area contributed by atoms with Gasteiger partial charge >= 0.3 is 0 Å². The van der Waals surface area contributed by atoms with Gasteiger partial charge in [0.25, 0.3) is 0 Å². The largest absolute Gasteiger partial charge is 0.493 e. The second-order valence-electron chi connectivity index (χ2n) is 7.98. The van der Waals surface area contributed by atoms with Crippen LogP contribution in [0.4, 0.5) is 0 Å². The molecule has 6 nitrogen and oxygen atoms in total. The third kappa shape index (κ3) is 5.05. The molecule has 31 heavy (non-hydrogen) atoms. The maximum Gasteiger partial charge on any atom is 0.161 e. The Balaban J connectivity index is 1.64. The summed E-state index contributed by atoms with van der Waals surface area (Å²) in [4.78, 5) is 2.39. The van der Waals surface area contributed by atoms with Gasteiger partial charge in [-0.3, -0.25) is 4.90 Å². The number of methoxy groups -OCH3 is 4. The van der Waals surface area contributed by atoms with Crippen LogP contribution in [-0.4, -0.2) is 46.4 Å². The van der Waals surface area contributed by atoms with E-state index in [1.807, 2.05) is 18.2 Å². The summed E-state index contributed by atoms with van der Waals surface area (Å²) in [5.74, 6) is 2.73. The van der Waals surface area contributed by atoms with Crippen molar-refractivity contribution in [2.45, 2.75) is 44.2 Å². The highest BCUT2D eigenvalue weighted by molar-refractivity contribution is 5.48. The fourth-order valence-electron chi connectivity index (χ4n) is 4.36. The van der Waals surface area contributed by atoms with Crippen molar-refractivity contribution in [3.05, 3.63) is 47.0 Å². The van der Waals surface area contributed by atoms with Gasteiger partial charge in [-0.25, -0.2) is 0 Å². The van der Waals surface area contributed by atoms with Gasteiger partial charge in [0.15, 0.2) is 23.0 Å². The molecule has 6 heteroatoms. The van der Waals surface area contributed by atoms with Gasteiger partial charge in [-0.1, -0.05) is 12.5 Å². The van der Waals surface area contributed by atoms with Gasteiger partial charge < -0.3 is 18.9 Å². The molecule has 0 spiro atoms. The second kappa shape index (κ2) is 10.4. The minimum atomic E-state index is -0.162. The predicted octanol–water partition coefficient (Wildman–Crippen LogP) is 4.56. The summed E-state index contributed by atoms with van der Waals surface area (Å²) in [6.07, 6.45) is 3.80. The van der Waals surface area contributed by atoms with E-state index in [-0.39, 0.29) is 5.92 Å². The number of rotatable bonds is 9. The summed E-state index contributed by atoms with van der Waals surface area (Å²) in [6, 6.07) is 12.8. The van der Waals surface area contributed by atoms with Crippen LogP contribution in [0.5, 0.6) is 23.0 Å². The first kappa shape index (κ1) is 22.8. The zero-order valence-corrected chi connectivity index (χ0v) is 19.1. The molecular formula is C25H32N2O4. The zero-order valence-electron chi connectivity index (χ0n) is 19.1. The fraction of sp³-hybridized carbons (Fsp3) is 0.480. The number of likely N-dealkylation sites (N-methyl/N-ethyl adjacent to an activating group) is 1. The number of hydrogen-bond acceptors (Lipinski definition) is 6. The molecule has 0 aromatic heterocycles. The van der Waals surface area contributed by atoms with Gasteiger partial charge in [0.1, 0.15) is 0 Å². The molecule has 0 radical (unpaired) electrons. The number of fused-ring (bicyclic) bond motifs is 1. The molecule has 1 heterocycles. The molecule has 0 saturated carbocycles. The van der Waals surface area contributed by atoms with Crippen LogP contribution in [0.15, 0.2) is 30.3 Å². The molecule has 2 unspecified atom stereocenters. The summed E-state index contributed by atoms with van der Waals surface area (Å²) in [7, 11) is 8.74. The minimum Gasteiger partial charge on any atom is -0.493 e. The normalized spacial score (nSPS) is 16.7. The van der Waals surface area contributed by atoms with Crippen LogP contribution in [0, 0.1) is 11.3 Å². The molecule has 3 rings (SSSR count). The summed E-state index contributed by atoms with van der Waals surface area (Å²) < 4.78 is 21.6. The first-order chi connectivity index (χ1) is 15.0. The van der Waals surface area contributed by atoms with E-state index in [4.69, 9.17) is 18.9 Å². The van der Waals surface area contributed by atoms with Crippen molar-refractivity contribution in [1.82, 2.24) is 4.90 Å². The maximum atomic E-state index is 9.74. The molecule has 166 valence electrons. The van der Waals surface area contributed by atoms with E-state index in [1.165, 1.54) is 11.1 Å². The summed E-state index contributed by atoms with van der Waals surface area (Å²) in [5.41, 5.74) is 3.58. The highest BCUT2D eigenvalue weighted by atomic mass is 16.5. The van der Waals surface area contributed by atoms with E-state index < -0.39 is 0 Å². The van der Waals surface area contributed by atoms with E-state index in [1.54, 1.807) is 28.4 Å². The average molecular weight is 425 g/mol. The summed E-state index contributed by atoms with van der Waals surface area (Å²) in [6.45, 7) is 0.887. The Morgan fingerprint density at radius 2 is 1.55 bits per heavy atom. The number of benzene rings is 2. The average Bonchev–Trinajstić information content (AvgIpc) is 2.80. The Labute approximate surface area is 185 Å². The maximum absolute atomic E-state index is 9.74. The third-order valence-electron chi connectivity index (χ3n) is 6.20. The number of nitriles is 1. The first-order valence-corrected chi connectivity index (χ1v) is 10.6. The molecule has 1 aliphatic rings. The van der Waals surface area contributed by atoms with E-state index in [2.05, 4.69) is 30.1 Å². The van der Waals surface area contributed by atoms with Gasteiger partial charge in [-0.05, 0) is 67.3 Å². The van der Waals surface area contributed by atoms with Crippen molar-refractivity contribution in [2.24, 2.45) is 0 Å². The summed E-state index contributed by atoms with van der Waals surface area (Å²) >= 11 is 0. The van der Waals surface area contributed by atoms with Gasteiger partial charge in [-0.2, -0.15) is 5.26 Å². The van der Waals surface area contributed by atoms with Crippen molar-refractivity contribution in [1.29, 1.82) is 5.26 Å². The minimum absolute atomic E-state index is 0.162. The van der Waals surface area contributed by atoms with Gasteiger partial charge in [0.05, 0.1) is 40.4 Å². The van der Waals surface area contributed by atoms with Crippen molar-refractivity contribution in [2.75, 3.05) is 35.5 Å². The smallest absolute Gasteiger partial charge is 0.161 e. The lowest BCUT2D eigenvalue weighted by Crippen LogP contribution is -2.37. The van der Waals surface area contributed by atoms with Crippen molar-refractivity contribution < 1.29 is 18.9 Å². The van der Waals surface area contributed by atoms with Crippen LogP contribution in [0.2, 0.25) is 0 Å². The Morgan fingerprint density at radius 1 is 0.935 bits per heavy atom. The van der Waals surface area contributed by atoms with Crippen molar-refractivity contribution in [3.63, 3.8) is 0 Å². The van der Waals surface area contributed by atoms with E-state index in [0.29, 0.717) is 17.5 Å². The lowest BCUT2D eigenvalue weighted by molar-refractivity contribution is 0.199. The number of nitrogens with zero attached hydrogens (tertiary/aromatic N) is 2. The van der Waals surface area contributed by atoms with Crippen LogP contribution in [0.1, 0.15) is 41.9 Å². The zero-order chi connectivity index (χ0) is 22.4. The lowest BCUT2D eigenvalue weighted by Gasteiger charge is -2.34. The van der Waals surface area contributed by atoms with Crippen molar-refractivity contribution >= 4 is 0 Å². The SMILES string of the molecule is COc1ccc(C(C#N)CCCC2Cc3cc(OC)c(OC)cc3CN2C)cc1OC. The molecule has 0 amide bonds. The van der Waals surface area contributed by atoms with Crippen molar-refractivity contribution in [3.8, 4) is 29.1 Å². The van der Waals surface area contributed by atoms with E-state index in [9.17, 15) is 5.26 Å². The highest BCUT2D eigenvalue weighted by Gasteiger charge is 2.25. The van der Waals surface area contributed by atoms with Gasteiger partial charge in [0.2, 0.25) is 0 Å². The highest BCUT2D eigenvalue weighted by Crippen LogP contribution is 2.36. The monoisotopic (exact) mass is 424 g/mol. The molecule has 2 aromatic rings. The Morgan fingerprint density at radius 3 is 2.16 bits per heavy atom. The molecule has 0 bridgehead atoms.